The second-order valence-corrected chi connectivity index (χ2v) is 9.09. The predicted octanol–water partition coefficient (Wildman–Crippen LogP) is 2.29. The minimum absolute atomic E-state index is 0.0267. The topological polar surface area (TPSA) is 69.6 Å². The lowest BCUT2D eigenvalue weighted by Crippen LogP contribution is -2.32. The molecule has 1 saturated heterocycles. The molecule has 1 aliphatic rings. The minimum Gasteiger partial charge on any atom is -0.396 e. The fourth-order valence-electron chi connectivity index (χ4n) is 2.82. The summed E-state index contributed by atoms with van der Waals surface area (Å²) in [5.74, 6) is 0.236. The Hall–Kier alpha value is -1.11. The third-order valence-electron chi connectivity index (χ3n) is 4.43. The summed E-state index contributed by atoms with van der Waals surface area (Å²) in [7, 11) is -3.14. The van der Waals surface area contributed by atoms with Crippen molar-refractivity contribution in [3.63, 3.8) is 0 Å². The highest BCUT2D eigenvalue weighted by Gasteiger charge is 2.28. The average Bonchev–Trinajstić information content (AvgIpc) is 2.84. The molecule has 1 atom stereocenters. The van der Waals surface area contributed by atoms with Crippen LogP contribution in [0.1, 0.15) is 45.2 Å². The van der Waals surface area contributed by atoms with Gasteiger partial charge in [0.15, 0.2) is 0 Å². The van der Waals surface area contributed by atoms with Crippen LogP contribution < -0.4 is 9.62 Å². The van der Waals surface area contributed by atoms with Crippen molar-refractivity contribution in [1.29, 1.82) is 0 Å². The zero-order chi connectivity index (χ0) is 17.1. The van der Waals surface area contributed by atoms with E-state index in [2.05, 4.69) is 26.1 Å². The number of anilines is 1. The molecule has 5 nitrogen and oxygen atoms in total. The number of nitrogens with one attached hydrogen (secondary N) is 1. The maximum absolute atomic E-state index is 12.1. The van der Waals surface area contributed by atoms with Gasteiger partial charge in [0.2, 0.25) is 10.0 Å². The number of hydrogen-bond acceptors (Lipinski definition) is 4. The standard InChI is InChI=1S/C17H28N2O3S/c1-14(18-13-17(2,3)8-10-20)15-6-4-7-16(12-15)19-9-5-11-23(19,21)22/h4,6-7,12,14,18,20H,5,8-11,13H2,1-3H3. The molecule has 23 heavy (non-hydrogen) atoms. The van der Waals surface area contributed by atoms with Crippen molar-refractivity contribution in [2.45, 2.75) is 39.7 Å². The molecule has 1 aliphatic heterocycles. The SMILES string of the molecule is CC(NCC(C)(C)CCO)c1cccc(N2CCCS2(=O)=O)c1. The molecule has 6 heteroatoms. The van der Waals surface area contributed by atoms with Gasteiger partial charge in [-0.15, -0.1) is 0 Å². The summed E-state index contributed by atoms with van der Waals surface area (Å²) in [6.45, 7) is 7.86. The van der Waals surface area contributed by atoms with Crippen molar-refractivity contribution < 1.29 is 13.5 Å². The number of aliphatic hydroxyl groups excluding tert-OH is 1. The molecular weight excluding hydrogens is 312 g/mol. The Morgan fingerprint density at radius 2 is 2.13 bits per heavy atom. The number of nitrogens with zero attached hydrogens (tertiary/aromatic N) is 1. The van der Waals surface area contributed by atoms with E-state index in [-0.39, 0.29) is 23.8 Å². The molecule has 0 radical (unpaired) electrons. The van der Waals surface area contributed by atoms with Crippen LogP contribution in [0.15, 0.2) is 24.3 Å². The van der Waals surface area contributed by atoms with E-state index in [4.69, 9.17) is 5.11 Å². The molecule has 1 aromatic rings. The Labute approximate surface area is 139 Å². The maximum Gasteiger partial charge on any atom is 0.235 e. The Balaban J connectivity index is 2.07. The monoisotopic (exact) mass is 340 g/mol. The summed E-state index contributed by atoms with van der Waals surface area (Å²) in [4.78, 5) is 0. The number of benzene rings is 1. The van der Waals surface area contributed by atoms with Gasteiger partial charge in [-0.2, -0.15) is 0 Å². The fourth-order valence-corrected chi connectivity index (χ4v) is 4.37. The first-order valence-electron chi connectivity index (χ1n) is 8.20. The van der Waals surface area contributed by atoms with Gasteiger partial charge in [-0.25, -0.2) is 8.42 Å². The van der Waals surface area contributed by atoms with Crippen LogP contribution in [0, 0.1) is 5.41 Å². The van der Waals surface area contributed by atoms with Gasteiger partial charge in [0.25, 0.3) is 0 Å². The van der Waals surface area contributed by atoms with Crippen molar-refractivity contribution >= 4 is 15.7 Å². The summed E-state index contributed by atoms with van der Waals surface area (Å²) in [6.07, 6.45) is 1.44. The molecule has 2 rings (SSSR count). The predicted molar refractivity (Wildman–Crippen MR) is 94.1 cm³/mol. The van der Waals surface area contributed by atoms with Crippen molar-refractivity contribution in [1.82, 2.24) is 5.32 Å². The van der Waals surface area contributed by atoms with Gasteiger partial charge in [0, 0.05) is 25.7 Å². The van der Waals surface area contributed by atoms with E-state index in [1.54, 1.807) is 0 Å². The smallest absolute Gasteiger partial charge is 0.235 e. The van der Waals surface area contributed by atoms with Gasteiger partial charge in [-0.05, 0) is 42.9 Å². The average molecular weight is 340 g/mol. The molecule has 0 spiro atoms. The van der Waals surface area contributed by atoms with Crippen LogP contribution in [0.25, 0.3) is 0 Å². The first-order valence-corrected chi connectivity index (χ1v) is 9.81. The van der Waals surface area contributed by atoms with Gasteiger partial charge < -0.3 is 10.4 Å². The van der Waals surface area contributed by atoms with Gasteiger partial charge in [0.1, 0.15) is 0 Å². The van der Waals surface area contributed by atoms with E-state index in [9.17, 15) is 8.42 Å². The fraction of sp³-hybridized carbons (Fsp3) is 0.647. The van der Waals surface area contributed by atoms with Crippen molar-refractivity contribution in [3.8, 4) is 0 Å². The molecule has 130 valence electrons. The van der Waals surface area contributed by atoms with Crippen LogP contribution in [-0.2, 0) is 10.0 Å². The molecule has 0 saturated carbocycles. The molecule has 1 heterocycles. The third-order valence-corrected chi connectivity index (χ3v) is 6.30. The van der Waals surface area contributed by atoms with Crippen LogP contribution in [0.4, 0.5) is 5.69 Å². The molecule has 0 bridgehead atoms. The lowest BCUT2D eigenvalue weighted by molar-refractivity contribution is 0.204. The Morgan fingerprint density at radius 3 is 2.74 bits per heavy atom. The van der Waals surface area contributed by atoms with Crippen molar-refractivity contribution in [3.05, 3.63) is 29.8 Å². The van der Waals surface area contributed by atoms with Crippen molar-refractivity contribution in [2.24, 2.45) is 5.41 Å². The molecule has 1 aromatic carbocycles. The van der Waals surface area contributed by atoms with Gasteiger partial charge in [-0.1, -0.05) is 26.0 Å². The highest BCUT2D eigenvalue weighted by Crippen LogP contribution is 2.27. The first-order chi connectivity index (χ1) is 10.7. The zero-order valence-corrected chi connectivity index (χ0v) is 15.1. The number of rotatable bonds is 7. The van der Waals surface area contributed by atoms with Crippen molar-refractivity contribution in [2.75, 3.05) is 29.8 Å². The normalized spacial score (nSPS) is 19.0. The Morgan fingerprint density at radius 1 is 1.39 bits per heavy atom. The van der Waals surface area contributed by atoms with Crippen LogP contribution in [0.5, 0.6) is 0 Å². The van der Waals surface area contributed by atoms with E-state index in [0.717, 1.165) is 24.2 Å². The van der Waals surface area contributed by atoms with Gasteiger partial charge >= 0.3 is 0 Å². The second kappa shape index (κ2) is 7.20. The quantitative estimate of drug-likeness (QED) is 0.799. The third kappa shape index (κ3) is 4.68. The number of sulfonamides is 1. The number of hydrogen-bond donors (Lipinski definition) is 2. The summed E-state index contributed by atoms with van der Waals surface area (Å²) in [5.41, 5.74) is 1.85. The van der Waals surface area contributed by atoms with Crippen LogP contribution in [0.3, 0.4) is 0 Å². The van der Waals surface area contributed by atoms with Crippen LogP contribution in [-0.4, -0.2) is 39.0 Å². The Kier molecular flexibility index (Phi) is 5.70. The highest BCUT2D eigenvalue weighted by atomic mass is 32.2. The van der Waals surface area contributed by atoms with E-state index in [1.807, 2.05) is 24.3 Å². The van der Waals surface area contributed by atoms with E-state index >= 15 is 0 Å². The summed E-state index contributed by atoms with van der Waals surface area (Å²) in [6, 6.07) is 7.87. The zero-order valence-electron chi connectivity index (χ0n) is 14.2. The number of aliphatic hydroxyl groups is 1. The summed E-state index contributed by atoms with van der Waals surface area (Å²) < 4.78 is 25.6. The molecule has 0 aromatic heterocycles. The largest absolute Gasteiger partial charge is 0.396 e. The molecule has 1 unspecified atom stereocenters. The molecule has 1 fully saturated rings. The highest BCUT2D eigenvalue weighted by molar-refractivity contribution is 7.93. The van der Waals surface area contributed by atoms with Gasteiger partial charge in [-0.3, -0.25) is 4.31 Å². The summed E-state index contributed by atoms with van der Waals surface area (Å²) >= 11 is 0. The minimum atomic E-state index is -3.14. The van der Waals surface area contributed by atoms with E-state index < -0.39 is 10.0 Å². The lowest BCUT2D eigenvalue weighted by atomic mass is 9.89. The molecule has 2 N–H and O–H groups in total. The first kappa shape index (κ1) is 18.2. The van der Waals surface area contributed by atoms with Gasteiger partial charge in [0.05, 0.1) is 11.4 Å². The maximum atomic E-state index is 12.1. The summed E-state index contributed by atoms with van der Waals surface area (Å²) in [5, 5.41) is 12.6. The molecular formula is C17H28N2O3S. The second-order valence-electron chi connectivity index (χ2n) is 7.08. The van der Waals surface area contributed by atoms with E-state index in [1.165, 1.54) is 4.31 Å². The molecule has 0 aliphatic carbocycles. The molecule has 0 amide bonds. The lowest BCUT2D eigenvalue weighted by Gasteiger charge is -2.27. The Bertz CT molecular complexity index is 628. The van der Waals surface area contributed by atoms with Crippen LogP contribution >= 0.6 is 0 Å². The van der Waals surface area contributed by atoms with Crippen LogP contribution in [0.2, 0.25) is 0 Å². The van der Waals surface area contributed by atoms with E-state index in [0.29, 0.717) is 13.0 Å².